The van der Waals surface area contributed by atoms with Crippen molar-refractivity contribution in [3.63, 3.8) is 0 Å². The summed E-state index contributed by atoms with van der Waals surface area (Å²) in [4.78, 5) is 1.96. The van der Waals surface area contributed by atoms with E-state index in [2.05, 4.69) is 0 Å². The van der Waals surface area contributed by atoms with Crippen LogP contribution in [0.3, 0.4) is 0 Å². The predicted octanol–water partition coefficient (Wildman–Crippen LogP) is 1.36. The number of likely N-dealkylation sites (N-methyl/N-ethyl adjacent to an activating group) is 1. The average molecular weight is 259 g/mol. The Labute approximate surface area is 107 Å². The maximum Gasteiger partial charge on any atom is 0.0900 e. The van der Waals surface area contributed by atoms with Crippen molar-refractivity contribution in [1.82, 2.24) is 4.90 Å². The largest absolute Gasteiger partial charge is 0.398 e. The van der Waals surface area contributed by atoms with E-state index in [9.17, 15) is 5.11 Å². The second-order valence-corrected chi connectivity index (χ2v) is 4.52. The Morgan fingerprint density at radius 1 is 1.53 bits per heavy atom. The zero-order valence-electron chi connectivity index (χ0n) is 10.2. The number of halogens is 1. The number of methoxy groups -OCH3 is 1. The number of nitrogens with two attached hydrogens (primary N) is 1. The van der Waals surface area contributed by atoms with Gasteiger partial charge in [-0.2, -0.15) is 0 Å². The zero-order chi connectivity index (χ0) is 12.8. The summed E-state index contributed by atoms with van der Waals surface area (Å²) in [6.45, 7) is 1.44. The molecule has 0 amide bonds. The quantitative estimate of drug-likeness (QED) is 0.757. The van der Waals surface area contributed by atoms with Gasteiger partial charge in [-0.25, -0.2) is 0 Å². The molecule has 1 rings (SSSR count). The lowest BCUT2D eigenvalue weighted by molar-refractivity contribution is 0.0419. The zero-order valence-corrected chi connectivity index (χ0v) is 10.9. The van der Waals surface area contributed by atoms with Crippen molar-refractivity contribution in [3.8, 4) is 0 Å². The van der Waals surface area contributed by atoms with E-state index in [1.54, 1.807) is 7.11 Å². The van der Waals surface area contributed by atoms with Crippen molar-refractivity contribution >= 4 is 17.3 Å². The van der Waals surface area contributed by atoms with E-state index < -0.39 is 6.10 Å². The summed E-state index contributed by atoms with van der Waals surface area (Å²) in [6.07, 6.45) is -0.506. The Kier molecular flexibility index (Phi) is 5.71. The highest BCUT2D eigenvalue weighted by molar-refractivity contribution is 6.31. The van der Waals surface area contributed by atoms with Gasteiger partial charge in [-0.15, -0.1) is 0 Å². The number of hydrogen-bond acceptors (Lipinski definition) is 4. The standard InChI is InChI=1S/C12H19ClN2O2/c1-15(6-9(16)8-17-2)7-10-11(13)4-3-5-12(10)14/h3-5,9,16H,6-8,14H2,1-2H3. The van der Waals surface area contributed by atoms with Crippen LogP contribution >= 0.6 is 11.6 Å². The monoisotopic (exact) mass is 258 g/mol. The summed E-state index contributed by atoms with van der Waals surface area (Å²) < 4.78 is 4.87. The van der Waals surface area contributed by atoms with Gasteiger partial charge in [0, 0.05) is 36.5 Å². The van der Waals surface area contributed by atoms with E-state index >= 15 is 0 Å². The Bertz CT molecular complexity index is 340. The third kappa shape index (κ3) is 4.52. The van der Waals surface area contributed by atoms with Gasteiger partial charge in [0.15, 0.2) is 0 Å². The van der Waals surface area contributed by atoms with Crippen LogP contribution in [0, 0.1) is 0 Å². The number of ether oxygens (including phenoxy) is 1. The van der Waals surface area contributed by atoms with Crippen molar-refractivity contribution in [1.29, 1.82) is 0 Å². The molecule has 0 saturated carbocycles. The molecule has 0 aliphatic carbocycles. The Balaban J connectivity index is 2.59. The van der Waals surface area contributed by atoms with Gasteiger partial charge in [0.2, 0.25) is 0 Å². The van der Waals surface area contributed by atoms with Crippen molar-refractivity contribution in [2.45, 2.75) is 12.6 Å². The Morgan fingerprint density at radius 3 is 2.82 bits per heavy atom. The highest BCUT2D eigenvalue weighted by atomic mass is 35.5. The SMILES string of the molecule is COCC(O)CN(C)Cc1c(N)cccc1Cl. The first-order valence-electron chi connectivity index (χ1n) is 5.43. The number of aliphatic hydroxyl groups excluding tert-OH is 1. The first-order valence-corrected chi connectivity index (χ1v) is 5.80. The molecule has 0 saturated heterocycles. The van der Waals surface area contributed by atoms with Crippen LogP contribution in [0.25, 0.3) is 0 Å². The van der Waals surface area contributed by atoms with Crippen molar-refractivity contribution in [2.75, 3.05) is 33.0 Å². The molecule has 4 nitrogen and oxygen atoms in total. The highest BCUT2D eigenvalue weighted by Crippen LogP contribution is 2.23. The van der Waals surface area contributed by atoms with Gasteiger partial charge in [-0.05, 0) is 19.2 Å². The molecule has 0 aliphatic rings. The molecule has 0 spiro atoms. The molecule has 5 heteroatoms. The van der Waals surface area contributed by atoms with E-state index in [-0.39, 0.29) is 0 Å². The molecule has 1 aromatic rings. The van der Waals surface area contributed by atoms with Gasteiger partial charge in [-0.1, -0.05) is 17.7 Å². The minimum absolute atomic E-state index is 0.322. The molecule has 3 N–H and O–H groups in total. The van der Waals surface area contributed by atoms with E-state index in [4.69, 9.17) is 22.1 Å². The van der Waals surface area contributed by atoms with E-state index in [0.717, 1.165) is 5.56 Å². The number of nitrogen functional groups attached to an aromatic ring is 1. The molecule has 96 valence electrons. The van der Waals surface area contributed by atoms with Crippen molar-refractivity contribution < 1.29 is 9.84 Å². The van der Waals surface area contributed by atoms with Crippen LogP contribution in [0.1, 0.15) is 5.56 Å². The van der Waals surface area contributed by atoms with Crippen LogP contribution in [0.15, 0.2) is 18.2 Å². The Morgan fingerprint density at radius 2 is 2.24 bits per heavy atom. The fourth-order valence-corrected chi connectivity index (χ4v) is 1.92. The van der Waals surface area contributed by atoms with Gasteiger partial charge < -0.3 is 15.6 Å². The molecular weight excluding hydrogens is 240 g/mol. The van der Waals surface area contributed by atoms with Gasteiger partial charge in [-0.3, -0.25) is 4.90 Å². The number of anilines is 1. The van der Waals surface area contributed by atoms with Crippen LogP contribution in [-0.2, 0) is 11.3 Å². The first-order chi connectivity index (χ1) is 8.04. The minimum Gasteiger partial charge on any atom is -0.398 e. The summed E-state index contributed by atoms with van der Waals surface area (Å²) in [5.41, 5.74) is 7.42. The van der Waals surface area contributed by atoms with Gasteiger partial charge >= 0.3 is 0 Å². The molecule has 1 aromatic carbocycles. The number of benzene rings is 1. The highest BCUT2D eigenvalue weighted by Gasteiger charge is 2.11. The average Bonchev–Trinajstić information content (AvgIpc) is 2.24. The molecule has 0 aromatic heterocycles. The smallest absolute Gasteiger partial charge is 0.0900 e. The molecular formula is C12H19ClN2O2. The topological polar surface area (TPSA) is 58.7 Å². The molecule has 1 unspecified atom stereocenters. The normalized spacial score (nSPS) is 13.0. The maximum atomic E-state index is 9.61. The van der Waals surface area contributed by atoms with E-state index in [1.165, 1.54) is 0 Å². The minimum atomic E-state index is -0.506. The number of hydrogen-bond donors (Lipinski definition) is 2. The lowest BCUT2D eigenvalue weighted by Gasteiger charge is -2.21. The van der Waals surface area contributed by atoms with Crippen LogP contribution in [0.5, 0.6) is 0 Å². The Hall–Kier alpha value is -0.810. The number of aliphatic hydroxyl groups is 1. The summed E-state index contributed by atoms with van der Waals surface area (Å²) in [7, 11) is 3.47. The van der Waals surface area contributed by atoms with Crippen molar-refractivity contribution in [2.24, 2.45) is 0 Å². The fraction of sp³-hybridized carbons (Fsp3) is 0.500. The summed E-state index contributed by atoms with van der Waals surface area (Å²) in [5.74, 6) is 0. The molecule has 0 aliphatic heterocycles. The lowest BCUT2D eigenvalue weighted by atomic mass is 10.1. The second-order valence-electron chi connectivity index (χ2n) is 4.11. The van der Waals surface area contributed by atoms with Crippen LogP contribution in [0.4, 0.5) is 5.69 Å². The van der Waals surface area contributed by atoms with E-state index in [1.807, 2.05) is 30.1 Å². The summed E-state index contributed by atoms with van der Waals surface area (Å²) >= 11 is 6.08. The third-order valence-corrected chi connectivity index (χ3v) is 2.82. The van der Waals surface area contributed by atoms with Crippen molar-refractivity contribution in [3.05, 3.63) is 28.8 Å². The van der Waals surface area contributed by atoms with Crippen LogP contribution < -0.4 is 5.73 Å². The molecule has 17 heavy (non-hydrogen) atoms. The van der Waals surface area contributed by atoms with Crippen LogP contribution in [0.2, 0.25) is 5.02 Å². The van der Waals surface area contributed by atoms with Crippen LogP contribution in [-0.4, -0.2) is 43.4 Å². The maximum absolute atomic E-state index is 9.61. The lowest BCUT2D eigenvalue weighted by Crippen LogP contribution is -2.31. The summed E-state index contributed by atoms with van der Waals surface area (Å²) in [6, 6.07) is 5.45. The van der Waals surface area contributed by atoms with Gasteiger partial charge in [0.1, 0.15) is 0 Å². The van der Waals surface area contributed by atoms with Gasteiger partial charge in [0.25, 0.3) is 0 Å². The molecule has 0 heterocycles. The molecule has 1 atom stereocenters. The van der Waals surface area contributed by atoms with Gasteiger partial charge in [0.05, 0.1) is 12.7 Å². The molecule has 0 fully saturated rings. The number of rotatable bonds is 6. The second kappa shape index (κ2) is 6.81. The number of nitrogens with zero attached hydrogens (tertiary/aromatic N) is 1. The predicted molar refractivity (Wildman–Crippen MR) is 70.1 cm³/mol. The van der Waals surface area contributed by atoms with E-state index in [0.29, 0.717) is 30.4 Å². The third-order valence-electron chi connectivity index (χ3n) is 2.46. The molecule has 0 bridgehead atoms. The molecule has 0 radical (unpaired) electrons. The fourth-order valence-electron chi connectivity index (χ4n) is 1.68. The first kappa shape index (κ1) is 14.3. The summed E-state index contributed by atoms with van der Waals surface area (Å²) in [5, 5.41) is 10.3.